The maximum absolute atomic E-state index is 10.2. The molecule has 0 aromatic heterocycles. The largest absolute Gasteiger partial charge is 0.392 e. The molecule has 15 heavy (non-hydrogen) atoms. The summed E-state index contributed by atoms with van der Waals surface area (Å²) in [7, 11) is -1.33. The van der Waals surface area contributed by atoms with Gasteiger partial charge in [-0.25, -0.2) is 0 Å². The van der Waals surface area contributed by atoms with Crippen LogP contribution < -0.4 is 5.32 Å². The molecule has 3 heteroatoms. The molecule has 0 aromatic rings. The van der Waals surface area contributed by atoms with E-state index in [4.69, 9.17) is 0 Å². The number of rotatable bonds is 3. The Balaban J connectivity index is 2.52. The van der Waals surface area contributed by atoms with Crippen molar-refractivity contribution >= 4 is 8.07 Å². The lowest BCUT2D eigenvalue weighted by atomic mass is 10.1. The minimum absolute atomic E-state index is 0.131. The third kappa shape index (κ3) is 3.30. The monoisotopic (exact) mass is 229 g/mol. The highest BCUT2D eigenvalue weighted by molar-refractivity contribution is 6.80. The second-order valence-electron chi connectivity index (χ2n) is 6.61. The SMILES string of the molecule is CC(C)(C)[Si](C)(C)C[C@@H](O)C1CCCN1. The summed E-state index contributed by atoms with van der Waals surface area (Å²) in [5.74, 6) is 0. The molecule has 2 atom stereocenters. The van der Waals surface area contributed by atoms with E-state index in [1.807, 2.05) is 0 Å². The second-order valence-corrected chi connectivity index (χ2v) is 12.3. The van der Waals surface area contributed by atoms with Crippen LogP contribution in [0.3, 0.4) is 0 Å². The third-order valence-corrected chi connectivity index (χ3v) is 9.81. The summed E-state index contributed by atoms with van der Waals surface area (Å²) in [5.41, 5.74) is 0. The Morgan fingerprint density at radius 3 is 2.40 bits per heavy atom. The molecule has 1 heterocycles. The quantitative estimate of drug-likeness (QED) is 0.729. The molecule has 1 fully saturated rings. The highest BCUT2D eigenvalue weighted by Gasteiger charge is 2.38. The molecule has 0 aliphatic carbocycles. The van der Waals surface area contributed by atoms with E-state index in [1.54, 1.807) is 0 Å². The zero-order valence-electron chi connectivity index (χ0n) is 10.9. The molecule has 0 spiro atoms. The van der Waals surface area contributed by atoms with Crippen molar-refractivity contribution in [3.63, 3.8) is 0 Å². The maximum Gasteiger partial charge on any atom is 0.0670 e. The normalized spacial score (nSPS) is 25.6. The van der Waals surface area contributed by atoms with Crippen molar-refractivity contribution in [1.29, 1.82) is 0 Å². The highest BCUT2D eigenvalue weighted by atomic mass is 28.3. The Bertz CT molecular complexity index is 204. The van der Waals surface area contributed by atoms with Crippen molar-refractivity contribution in [3.05, 3.63) is 0 Å². The van der Waals surface area contributed by atoms with Gasteiger partial charge in [0.2, 0.25) is 0 Å². The van der Waals surface area contributed by atoms with Gasteiger partial charge >= 0.3 is 0 Å². The summed E-state index contributed by atoms with van der Waals surface area (Å²) in [5, 5.41) is 14.0. The summed E-state index contributed by atoms with van der Waals surface area (Å²) in [6, 6.07) is 1.38. The van der Waals surface area contributed by atoms with Gasteiger partial charge in [-0.3, -0.25) is 0 Å². The Hall–Kier alpha value is 0.137. The van der Waals surface area contributed by atoms with Crippen molar-refractivity contribution < 1.29 is 5.11 Å². The van der Waals surface area contributed by atoms with Crippen LogP contribution in [0.4, 0.5) is 0 Å². The van der Waals surface area contributed by atoms with Crippen LogP contribution in [-0.2, 0) is 0 Å². The molecule has 1 aliphatic heterocycles. The van der Waals surface area contributed by atoms with Crippen LogP contribution in [0.25, 0.3) is 0 Å². The van der Waals surface area contributed by atoms with E-state index in [-0.39, 0.29) is 6.10 Å². The maximum atomic E-state index is 10.2. The lowest BCUT2D eigenvalue weighted by Gasteiger charge is -2.39. The summed E-state index contributed by atoms with van der Waals surface area (Å²) in [6.45, 7) is 12.8. The van der Waals surface area contributed by atoms with Crippen LogP contribution in [-0.4, -0.2) is 31.9 Å². The molecule has 1 aliphatic rings. The molecule has 1 unspecified atom stereocenters. The van der Waals surface area contributed by atoms with Gasteiger partial charge in [0.05, 0.1) is 14.2 Å². The zero-order valence-corrected chi connectivity index (χ0v) is 11.9. The number of aliphatic hydroxyl groups is 1. The predicted octanol–water partition coefficient (Wildman–Crippen LogP) is 2.61. The number of hydrogen-bond donors (Lipinski definition) is 2. The summed E-state index contributed by atoms with van der Waals surface area (Å²) >= 11 is 0. The van der Waals surface area contributed by atoms with Crippen LogP contribution in [0.5, 0.6) is 0 Å². The van der Waals surface area contributed by atoms with E-state index >= 15 is 0 Å². The van der Waals surface area contributed by atoms with Crippen molar-refractivity contribution in [1.82, 2.24) is 5.32 Å². The van der Waals surface area contributed by atoms with E-state index in [0.29, 0.717) is 11.1 Å². The van der Waals surface area contributed by atoms with Gasteiger partial charge in [-0.1, -0.05) is 33.9 Å². The molecule has 2 nitrogen and oxygen atoms in total. The molecule has 1 rings (SSSR count). The second kappa shape index (κ2) is 4.56. The van der Waals surface area contributed by atoms with Crippen LogP contribution in [0.1, 0.15) is 33.6 Å². The smallest absolute Gasteiger partial charge is 0.0670 e. The highest BCUT2D eigenvalue weighted by Crippen LogP contribution is 2.39. The first-order valence-corrected chi connectivity index (χ1v) is 9.36. The minimum atomic E-state index is -1.33. The van der Waals surface area contributed by atoms with Gasteiger partial charge in [0.25, 0.3) is 0 Å². The van der Waals surface area contributed by atoms with Gasteiger partial charge in [0.1, 0.15) is 0 Å². The van der Waals surface area contributed by atoms with Gasteiger partial charge in [0, 0.05) is 6.04 Å². The van der Waals surface area contributed by atoms with Crippen LogP contribution in [0.2, 0.25) is 24.2 Å². The lowest BCUT2D eigenvalue weighted by Crippen LogP contribution is -2.45. The summed E-state index contributed by atoms with van der Waals surface area (Å²) in [6.07, 6.45) is 2.24. The number of nitrogens with one attached hydrogen (secondary N) is 1. The average Bonchev–Trinajstić information content (AvgIpc) is 2.51. The summed E-state index contributed by atoms with van der Waals surface area (Å²) < 4.78 is 0. The van der Waals surface area contributed by atoms with Crippen molar-refractivity contribution in [2.45, 2.75) is 69.9 Å². The van der Waals surface area contributed by atoms with Gasteiger partial charge < -0.3 is 10.4 Å². The molecule has 0 aromatic carbocycles. The molecule has 0 saturated carbocycles. The van der Waals surface area contributed by atoms with Crippen molar-refractivity contribution in [2.24, 2.45) is 0 Å². The molecule has 2 N–H and O–H groups in total. The minimum Gasteiger partial charge on any atom is -0.392 e. The van der Waals surface area contributed by atoms with Gasteiger partial charge in [-0.2, -0.15) is 0 Å². The third-order valence-electron chi connectivity index (χ3n) is 4.31. The first-order chi connectivity index (χ1) is 6.74. The molecule has 1 saturated heterocycles. The van der Waals surface area contributed by atoms with E-state index in [2.05, 4.69) is 39.2 Å². The Morgan fingerprint density at radius 1 is 1.40 bits per heavy atom. The predicted molar refractivity (Wildman–Crippen MR) is 69.0 cm³/mol. The average molecular weight is 229 g/mol. The van der Waals surface area contributed by atoms with E-state index in [1.165, 1.54) is 6.42 Å². The number of hydrogen-bond acceptors (Lipinski definition) is 2. The van der Waals surface area contributed by atoms with Crippen LogP contribution in [0, 0.1) is 0 Å². The van der Waals surface area contributed by atoms with Crippen LogP contribution in [0.15, 0.2) is 0 Å². The van der Waals surface area contributed by atoms with Crippen molar-refractivity contribution in [2.75, 3.05) is 6.54 Å². The molecule has 90 valence electrons. The van der Waals surface area contributed by atoms with E-state index in [0.717, 1.165) is 19.0 Å². The first kappa shape index (κ1) is 13.2. The Labute approximate surface area is 95.5 Å². The topological polar surface area (TPSA) is 32.3 Å². The fourth-order valence-electron chi connectivity index (χ4n) is 2.01. The van der Waals surface area contributed by atoms with Gasteiger partial charge in [-0.15, -0.1) is 0 Å². The zero-order chi connectivity index (χ0) is 11.7. The van der Waals surface area contributed by atoms with Gasteiger partial charge in [0.15, 0.2) is 0 Å². The van der Waals surface area contributed by atoms with Crippen LogP contribution >= 0.6 is 0 Å². The molecule has 0 bridgehead atoms. The van der Waals surface area contributed by atoms with E-state index < -0.39 is 8.07 Å². The first-order valence-electron chi connectivity index (χ1n) is 6.15. The van der Waals surface area contributed by atoms with Crippen molar-refractivity contribution in [3.8, 4) is 0 Å². The van der Waals surface area contributed by atoms with E-state index in [9.17, 15) is 5.11 Å². The Kier molecular flexibility index (Phi) is 4.01. The molecular formula is C12H27NOSi. The standard InChI is InChI=1S/C12H27NOSi/c1-12(2,3)15(4,5)9-11(14)10-7-6-8-13-10/h10-11,13-14H,6-9H2,1-5H3/t10?,11-/m1/s1. The fourth-order valence-corrected chi connectivity index (χ4v) is 3.95. The van der Waals surface area contributed by atoms with Gasteiger partial charge in [-0.05, 0) is 30.5 Å². The lowest BCUT2D eigenvalue weighted by molar-refractivity contribution is 0.152. The summed E-state index contributed by atoms with van der Waals surface area (Å²) in [4.78, 5) is 0. The number of aliphatic hydroxyl groups excluding tert-OH is 1. The molecule has 0 radical (unpaired) electrons. The fraction of sp³-hybridized carbons (Fsp3) is 1.00. The molecular weight excluding hydrogens is 202 g/mol. The molecule has 0 amide bonds. The Morgan fingerprint density at radius 2 is 2.00 bits per heavy atom.